The molecule has 0 spiro atoms. The number of benzene rings is 1. The van der Waals surface area contributed by atoms with Gasteiger partial charge in [0.15, 0.2) is 5.17 Å². The second-order valence-electron chi connectivity index (χ2n) is 7.29. The summed E-state index contributed by atoms with van der Waals surface area (Å²) in [5.41, 5.74) is 0.890. The van der Waals surface area contributed by atoms with E-state index >= 15 is 0 Å². The number of hydrogen-bond acceptors (Lipinski definition) is 6. The molecule has 3 heterocycles. The van der Waals surface area contributed by atoms with Crippen LogP contribution in [0.15, 0.2) is 34.3 Å². The van der Waals surface area contributed by atoms with E-state index in [4.69, 9.17) is 0 Å². The Labute approximate surface area is 171 Å². The smallest absolute Gasteiger partial charge is 0.367 e. The summed E-state index contributed by atoms with van der Waals surface area (Å²) in [6.45, 7) is 4.45. The fourth-order valence-electron chi connectivity index (χ4n) is 3.61. The number of amides is 1. The molecule has 156 valence electrons. The first kappa shape index (κ1) is 20.1. The Balaban J connectivity index is 1.53. The quantitative estimate of drug-likeness (QED) is 0.804. The number of alkyl halides is 3. The second kappa shape index (κ2) is 7.91. The summed E-state index contributed by atoms with van der Waals surface area (Å²) in [4.78, 5) is 23.2. The standard InChI is InChI=1S/C19H22F3N5OS/c1-25-6-8-26(9-7-25)16-3-2-13(19(20,21)22)10-15(16)24-17(28)11-14-12-29-18-23-4-5-27(14)18/h2-3,10,12H,4-9,11H2,1H3,(H,24,28). The topological polar surface area (TPSA) is 51.2 Å². The third kappa shape index (κ3) is 4.37. The Kier molecular flexibility index (Phi) is 5.48. The van der Waals surface area contributed by atoms with Crippen LogP contribution in [0.25, 0.3) is 0 Å². The number of nitrogens with one attached hydrogen (secondary N) is 1. The monoisotopic (exact) mass is 425 g/mol. The third-order valence-electron chi connectivity index (χ3n) is 5.23. The van der Waals surface area contributed by atoms with Crippen LogP contribution in [0.2, 0.25) is 0 Å². The summed E-state index contributed by atoms with van der Waals surface area (Å²) in [6, 6.07) is 3.57. The van der Waals surface area contributed by atoms with E-state index in [0.717, 1.165) is 42.6 Å². The van der Waals surface area contributed by atoms with Crippen LogP contribution < -0.4 is 10.2 Å². The number of nitrogens with zero attached hydrogens (tertiary/aromatic N) is 4. The molecule has 0 radical (unpaired) electrons. The molecular weight excluding hydrogens is 403 g/mol. The van der Waals surface area contributed by atoms with Gasteiger partial charge in [-0.05, 0) is 30.7 Å². The Morgan fingerprint density at radius 1 is 1.21 bits per heavy atom. The van der Waals surface area contributed by atoms with Crippen molar-refractivity contribution in [1.29, 1.82) is 0 Å². The molecule has 1 amide bonds. The number of carbonyl (C=O) groups excluding carboxylic acids is 1. The number of carbonyl (C=O) groups is 1. The average molecular weight is 425 g/mol. The van der Waals surface area contributed by atoms with E-state index in [0.29, 0.717) is 25.3 Å². The second-order valence-corrected chi connectivity index (χ2v) is 8.12. The Bertz CT molecular complexity index is 862. The van der Waals surface area contributed by atoms with E-state index in [2.05, 4.69) is 15.2 Å². The number of rotatable bonds is 4. The van der Waals surface area contributed by atoms with Crippen molar-refractivity contribution in [3.05, 3.63) is 34.9 Å². The van der Waals surface area contributed by atoms with Crippen molar-refractivity contribution in [2.75, 3.05) is 56.5 Å². The van der Waals surface area contributed by atoms with E-state index < -0.39 is 11.7 Å². The highest BCUT2D eigenvalue weighted by atomic mass is 32.2. The van der Waals surface area contributed by atoms with E-state index in [9.17, 15) is 18.0 Å². The number of likely N-dealkylation sites (N-methyl/N-ethyl adjacent to an activating group) is 1. The summed E-state index contributed by atoms with van der Waals surface area (Å²) in [7, 11) is 2.01. The number of thioether (sulfide) groups is 1. The maximum absolute atomic E-state index is 13.2. The minimum Gasteiger partial charge on any atom is -0.367 e. The van der Waals surface area contributed by atoms with Gasteiger partial charge in [-0.1, -0.05) is 11.8 Å². The molecule has 0 saturated carbocycles. The minimum absolute atomic E-state index is 0.102. The molecule has 3 aliphatic heterocycles. The van der Waals surface area contributed by atoms with Crippen molar-refractivity contribution >= 4 is 34.2 Å². The van der Waals surface area contributed by atoms with Gasteiger partial charge in [-0.2, -0.15) is 13.2 Å². The highest BCUT2D eigenvalue weighted by molar-refractivity contribution is 8.16. The van der Waals surface area contributed by atoms with Crippen molar-refractivity contribution in [2.45, 2.75) is 12.6 Å². The number of hydrogen-bond donors (Lipinski definition) is 1. The number of halogens is 3. The maximum atomic E-state index is 13.2. The third-order valence-corrected chi connectivity index (χ3v) is 6.18. The molecule has 4 rings (SSSR count). The van der Waals surface area contributed by atoms with Gasteiger partial charge in [0.2, 0.25) is 5.91 Å². The zero-order valence-corrected chi connectivity index (χ0v) is 16.8. The van der Waals surface area contributed by atoms with Crippen LogP contribution in [0.1, 0.15) is 12.0 Å². The zero-order valence-electron chi connectivity index (χ0n) is 16.0. The lowest BCUT2D eigenvalue weighted by Crippen LogP contribution is -2.44. The predicted molar refractivity (Wildman–Crippen MR) is 109 cm³/mol. The van der Waals surface area contributed by atoms with Gasteiger partial charge in [-0.15, -0.1) is 0 Å². The highest BCUT2D eigenvalue weighted by Gasteiger charge is 2.32. The molecule has 10 heteroatoms. The maximum Gasteiger partial charge on any atom is 0.416 e. The van der Waals surface area contributed by atoms with Crippen LogP contribution in [0.3, 0.4) is 0 Å². The van der Waals surface area contributed by atoms with E-state index in [-0.39, 0.29) is 18.0 Å². The lowest BCUT2D eigenvalue weighted by molar-refractivity contribution is -0.137. The van der Waals surface area contributed by atoms with Gasteiger partial charge in [-0.3, -0.25) is 9.79 Å². The number of fused-ring (bicyclic) bond motifs is 1. The van der Waals surface area contributed by atoms with Crippen molar-refractivity contribution in [3.63, 3.8) is 0 Å². The molecule has 1 aromatic rings. The molecular formula is C19H22F3N5OS. The van der Waals surface area contributed by atoms with Gasteiger partial charge in [-0.25, -0.2) is 0 Å². The molecule has 0 aliphatic carbocycles. The summed E-state index contributed by atoms with van der Waals surface area (Å²) in [5, 5.41) is 5.49. The fraction of sp³-hybridized carbons (Fsp3) is 0.474. The molecule has 1 aromatic carbocycles. The van der Waals surface area contributed by atoms with E-state index in [1.165, 1.54) is 17.8 Å². The van der Waals surface area contributed by atoms with Crippen molar-refractivity contribution < 1.29 is 18.0 Å². The number of piperazine rings is 1. The van der Waals surface area contributed by atoms with E-state index in [1.807, 2.05) is 22.3 Å². The fourth-order valence-corrected chi connectivity index (χ4v) is 4.56. The number of aliphatic imine (C=N–C) groups is 1. The molecule has 0 bridgehead atoms. The molecule has 1 N–H and O–H groups in total. The minimum atomic E-state index is -4.47. The predicted octanol–water partition coefficient (Wildman–Crippen LogP) is 3.05. The zero-order chi connectivity index (χ0) is 20.6. The summed E-state index contributed by atoms with van der Waals surface area (Å²) >= 11 is 1.47. The van der Waals surface area contributed by atoms with E-state index in [1.54, 1.807) is 0 Å². The molecule has 29 heavy (non-hydrogen) atoms. The normalized spacial score (nSPS) is 19.9. The van der Waals surface area contributed by atoms with Crippen LogP contribution in [0.4, 0.5) is 24.5 Å². The first-order chi connectivity index (χ1) is 13.8. The molecule has 1 saturated heterocycles. The number of anilines is 2. The summed E-state index contributed by atoms with van der Waals surface area (Å²) in [6.07, 6.45) is -4.36. The highest BCUT2D eigenvalue weighted by Crippen LogP contribution is 2.36. The van der Waals surface area contributed by atoms with Crippen LogP contribution in [0.5, 0.6) is 0 Å². The summed E-state index contributed by atoms with van der Waals surface area (Å²) in [5.74, 6) is -0.334. The van der Waals surface area contributed by atoms with Gasteiger partial charge in [0.25, 0.3) is 0 Å². The summed E-state index contributed by atoms with van der Waals surface area (Å²) < 4.78 is 39.7. The Morgan fingerprint density at radius 2 is 1.97 bits per heavy atom. The largest absolute Gasteiger partial charge is 0.416 e. The number of amidine groups is 1. The lowest BCUT2D eigenvalue weighted by atomic mass is 10.1. The lowest BCUT2D eigenvalue weighted by Gasteiger charge is -2.35. The van der Waals surface area contributed by atoms with Crippen molar-refractivity contribution in [1.82, 2.24) is 9.80 Å². The van der Waals surface area contributed by atoms with Gasteiger partial charge in [0.05, 0.1) is 29.9 Å². The molecule has 6 nitrogen and oxygen atoms in total. The van der Waals surface area contributed by atoms with Gasteiger partial charge < -0.3 is 20.0 Å². The average Bonchev–Trinajstić information content (AvgIpc) is 3.27. The van der Waals surface area contributed by atoms with Crippen LogP contribution in [-0.2, 0) is 11.0 Å². The molecule has 0 aromatic heterocycles. The molecule has 3 aliphatic rings. The first-order valence-electron chi connectivity index (χ1n) is 9.43. The molecule has 1 fully saturated rings. The Morgan fingerprint density at radius 3 is 2.69 bits per heavy atom. The molecule has 0 unspecified atom stereocenters. The SMILES string of the molecule is CN1CCN(c2ccc(C(F)(F)F)cc2NC(=O)CC2=CSC3=NCCN23)CC1. The van der Waals surface area contributed by atoms with Crippen LogP contribution in [-0.4, -0.2) is 67.2 Å². The Hall–Kier alpha value is -2.20. The van der Waals surface area contributed by atoms with Gasteiger partial charge in [0, 0.05) is 38.4 Å². The van der Waals surface area contributed by atoms with Crippen molar-refractivity contribution in [2.24, 2.45) is 4.99 Å². The first-order valence-corrected chi connectivity index (χ1v) is 10.3. The van der Waals surface area contributed by atoms with Crippen LogP contribution in [0, 0.1) is 0 Å². The van der Waals surface area contributed by atoms with Gasteiger partial charge in [0.1, 0.15) is 0 Å². The molecule has 0 atom stereocenters. The van der Waals surface area contributed by atoms with Crippen molar-refractivity contribution in [3.8, 4) is 0 Å². The van der Waals surface area contributed by atoms with Gasteiger partial charge >= 0.3 is 6.18 Å². The van der Waals surface area contributed by atoms with Crippen LogP contribution >= 0.6 is 11.8 Å².